The lowest BCUT2D eigenvalue weighted by Gasteiger charge is -2.20. The number of amides is 1. The van der Waals surface area contributed by atoms with E-state index in [0.29, 0.717) is 18.7 Å². The number of aromatic nitrogens is 2. The monoisotopic (exact) mass is 311 g/mol. The number of para-hydroxylation sites is 1. The Morgan fingerprint density at radius 3 is 2.68 bits per heavy atom. The van der Waals surface area contributed by atoms with E-state index in [4.69, 9.17) is 0 Å². The largest absolute Gasteiger partial charge is 0.339 e. The number of carbonyl (C=O) groups excluding carboxylic acids is 1. The van der Waals surface area contributed by atoms with Crippen LogP contribution in [0.2, 0.25) is 0 Å². The molecule has 0 N–H and O–H groups in total. The molecule has 0 atom stereocenters. The predicted molar refractivity (Wildman–Crippen MR) is 90.1 cm³/mol. The van der Waals surface area contributed by atoms with E-state index in [1.54, 1.807) is 6.20 Å². The molecule has 0 bridgehead atoms. The van der Waals surface area contributed by atoms with Gasteiger partial charge in [-0.25, -0.2) is 9.97 Å². The van der Waals surface area contributed by atoms with Gasteiger partial charge in [-0.2, -0.15) is 0 Å². The zero-order valence-electron chi connectivity index (χ0n) is 12.6. The average Bonchev–Trinajstić information content (AvgIpc) is 3.09. The summed E-state index contributed by atoms with van der Waals surface area (Å²) in [5.74, 6) is 0.0430. The van der Waals surface area contributed by atoms with Gasteiger partial charge in [0.2, 0.25) is 0 Å². The summed E-state index contributed by atoms with van der Waals surface area (Å²) in [7, 11) is 0. The van der Waals surface area contributed by atoms with Gasteiger partial charge in [0.25, 0.3) is 5.91 Å². The van der Waals surface area contributed by atoms with Crippen LogP contribution in [0.3, 0.4) is 0 Å². The number of rotatable bonds is 4. The van der Waals surface area contributed by atoms with Gasteiger partial charge in [0.05, 0.1) is 11.1 Å². The van der Waals surface area contributed by atoms with Crippen molar-refractivity contribution in [2.45, 2.75) is 13.8 Å². The third-order valence-electron chi connectivity index (χ3n) is 3.65. The Bertz CT molecular complexity index is 795. The van der Waals surface area contributed by atoms with Crippen LogP contribution >= 0.6 is 11.3 Å². The van der Waals surface area contributed by atoms with Crippen LogP contribution < -0.4 is 0 Å². The van der Waals surface area contributed by atoms with E-state index in [9.17, 15) is 4.79 Å². The number of thiazole rings is 1. The number of carbonyl (C=O) groups is 1. The fourth-order valence-electron chi connectivity index (χ4n) is 2.49. The third-order valence-corrected chi connectivity index (χ3v) is 4.44. The van der Waals surface area contributed by atoms with Crippen LogP contribution in [-0.4, -0.2) is 33.9 Å². The van der Waals surface area contributed by atoms with E-state index in [1.807, 2.05) is 54.5 Å². The second-order valence-corrected chi connectivity index (χ2v) is 5.78. The second kappa shape index (κ2) is 6.23. The molecule has 0 saturated carbocycles. The van der Waals surface area contributed by atoms with E-state index in [1.165, 1.54) is 11.3 Å². The molecule has 0 unspecified atom stereocenters. The first-order valence-corrected chi connectivity index (χ1v) is 8.21. The van der Waals surface area contributed by atoms with E-state index in [0.717, 1.165) is 21.6 Å². The van der Waals surface area contributed by atoms with Crippen molar-refractivity contribution < 1.29 is 4.79 Å². The van der Waals surface area contributed by atoms with Gasteiger partial charge in [0, 0.05) is 30.1 Å². The Hall–Kier alpha value is -2.27. The molecule has 0 spiro atoms. The van der Waals surface area contributed by atoms with Crippen LogP contribution in [0, 0.1) is 0 Å². The normalized spacial score (nSPS) is 10.8. The quantitative estimate of drug-likeness (QED) is 0.735. The SMILES string of the molecule is CCN(CC)C(=O)c1cc(-c2nccs2)nc2ccccc12. The van der Waals surface area contributed by atoms with Crippen LogP contribution in [0.15, 0.2) is 41.9 Å². The van der Waals surface area contributed by atoms with Gasteiger partial charge >= 0.3 is 0 Å². The molecule has 2 heterocycles. The van der Waals surface area contributed by atoms with E-state index in [-0.39, 0.29) is 5.91 Å². The smallest absolute Gasteiger partial charge is 0.254 e. The Labute approximate surface area is 133 Å². The molecular formula is C17H17N3OS. The van der Waals surface area contributed by atoms with Crippen molar-refractivity contribution in [2.75, 3.05) is 13.1 Å². The van der Waals surface area contributed by atoms with Crippen LogP contribution in [0.4, 0.5) is 0 Å². The van der Waals surface area contributed by atoms with Gasteiger partial charge in [0.1, 0.15) is 10.7 Å². The van der Waals surface area contributed by atoms with Gasteiger partial charge in [-0.1, -0.05) is 18.2 Å². The maximum absolute atomic E-state index is 12.8. The van der Waals surface area contributed by atoms with Crippen molar-refractivity contribution in [1.29, 1.82) is 0 Å². The molecule has 22 heavy (non-hydrogen) atoms. The molecule has 0 aliphatic rings. The molecule has 112 valence electrons. The molecule has 1 aromatic carbocycles. The summed E-state index contributed by atoms with van der Waals surface area (Å²) in [6.07, 6.45) is 1.75. The van der Waals surface area contributed by atoms with Gasteiger partial charge in [0.15, 0.2) is 0 Å². The first kappa shape index (κ1) is 14.7. The molecule has 0 aliphatic heterocycles. The van der Waals surface area contributed by atoms with Crippen molar-refractivity contribution in [2.24, 2.45) is 0 Å². The van der Waals surface area contributed by atoms with E-state index < -0.39 is 0 Å². The van der Waals surface area contributed by atoms with Crippen molar-refractivity contribution in [1.82, 2.24) is 14.9 Å². The fourth-order valence-corrected chi connectivity index (χ4v) is 3.09. The summed E-state index contributed by atoms with van der Waals surface area (Å²) in [5, 5.41) is 3.64. The lowest BCUT2D eigenvalue weighted by molar-refractivity contribution is 0.0775. The number of nitrogens with zero attached hydrogens (tertiary/aromatic N) is 3. The van der Waals surface area contributed by atoms with Gasteiger partial charge in [-0.3, -0.25) is 4.79 Å². The summed E-state index contributed by atoms with van der Waals surface area (Å²) in [4.78, 5) is 23.6. The van der Waals surface area contributed by atoms with Gasteiger partial charge < -0.3 is 4.90 Å². The zero-order chi connectivity index (χ0) is 15.5. The lowest BCUT2D eigenvalue weighted by atomic mass is 10.1. The first-order chi connectivity index (χ1) is 10.7. The van der Waals surface area contributed by atoms with Crippen molar-refractivity contribution >= 4 is 28.1 Å². The van der Waals surface area contributed by atoms with E-state index in [2.05, 4.69) is 9.97 Å². The van der Waals surface area contributed by atoms with Crippen molar-refractivity contribution in [3.05, 3.63) is 47.5 Å². The van der Waals surface area contributed by atoms with Crippen molar-refractivity contribution in [3.8, 4) is 10.7 Å². The Morgan fingerprint density at radius 2 is 2.00 bits per heavy atom. The van der Waals surface area contributed by atoms with Crippen LogP contribution in [0.5, 0.6) is 0 Å². The maximum Gasteiger partial charge on any atom is 0.254 e. The topological polar surface area (TPSA) is 46.1 Å². The minimum atomic E-state index is 0.0430. The highest BCUT2D eigenvalue weighted by molar-refractivity contribution is 7.13. The minimum absolute atomic E-state index is 0.0430. The number of fused-ring (bicyclic) bond motifs is 1. The van der Waals surface area contributed by atoms with Crippen molar-refractivity contribution in [3.63, 3.8) is 0 Å². The summed E-state index contributed by atoms with van der Waals surface area (Å²) >= 11 is 1.53. The molecule has 0 radical (unpaired) electrons. The lowest BCUT2D eigenvalue weighted by Crippen LogP contribution is -2.30. The average molecular weight is 311 g/mol. The predicted octanol–water partition coefficient (Wildman–Crippen LogP) is 3.84. The number of benzene rings is 1. The zero-order valence-corrected chi connectivity index (χ0v) is 13.4. The molecule has 1 amide bonds. The summed E-state index contributed by atoms with van der Waals surface area (Å²) in [6.45, 7) is 5.37. The molecule has 5 heteroatoms. The molecule has 0 aliphatic carbocycles. The standard InChI is InChI=1S/C17H17N3OS/c1-3-20(4-2)17(21)13-11-15(16-18-9-10-22-16)19-14-8-6-5-7-12(13)14/h5-11H,3-4H2,1-2H3. The summed E-state index contributed by atoms with van der Waals surface area (Å²) < 4.78 is 0. The number of pyridine rings is 1. The highest BCUT2D eigenvalue weighted by atomic mass is 32.1. The van der Waals surface area contributed by atoms with Gasteiger partial charge in [-0.15, -0.1) is 11.3 Å². The molecule has 3 rings (SSSR count). The molecule has 4 nitrogen and oxygen atoms in total. The number of hydrogen-bond donors (Lipinski definition) is 0. The molecular weight excluding hydrogens is 294 g/mol. The third kappa shape index (κ3) is 2.60. The minimum Gasteiger partial charge on any atom is -0.339 e. The van der Waals surface area contributed by atoms with Crippen LogP contribution in [0.25, 0.3) is 21.6 Å². The molecule has 0 saturated heterocycles. The Morgan fingerprint density at radius 1 is 1.23 bits per heavy atom. The maximum atomic E-state index is 12.8. The number of hydrogen-bond acceptors (Lipinski definition) is 4. The van der Waals surface area contributed by atoms with Crippen LogP contribution in [-0.2, 0) is 0 Å². The molecule has 0 fully saturated rings. The highest BCUT2D eigenvalue weighted by Gasteiger charge is 2.18. The second-order valence-electron chi connectivity index (χ2n) is 4.89. The van der Waals surface area contributed by atoms with Gasteiger partial charge in [-0.05, 0) is 26.0 Å². The Kier molecular flexibility index (Phi) is 4.15. The van der Waals surface area contributed by atoms with Crippen LogP contribution in [0.1, 0.15) is 24.2 Å². The summed E-state index contributed by atoms with van der Waals surface area (Å²) in [6, 6.07) is 9.62. The molecule has 3 aromatic rings. The first-order valence-electron chi connectivity index (χ1n) is 7.33. The molecule has 2 aromatic heterocycles. The Balaban J connectivity index is 2.21. The van der Waals surface area contributed by atoms with E-state index >= 15 is 0 Å². The fraction of sp³-hybridized carbons (Fsp3) is 0.235. The highest BCUT2D eigenvalue weighted by Crippen LogP contribution is 2.26. The summed E-state index contributed by atoms with van der Waals surface area (Å²) in [5.41, 5.74) is 2.27.